The minimum Gasteiger partial charge on any atom is -0.316 e. The zero-order valence-electron chi connectivity index (χ0n) is 13.1. The highest BCUT2D eigenvalue weighted by Crippen LogP contribution is 2.13. The van der Waals surface area contributed by atoms with E-state index in [0.29, 0.717) is 12.3 Å². The normalized spacial score (nSPS) is 12.1. The lowest BCUT2D eigenvalue weighted by Gasteiger charge is -2.09. The summed E-state index contributed by atoms with van der Waals surface area (Å²) in [5.41, 5.74) is 3.14. The minimum atomic E-state index is -3.01. The van der Waals surface area contributed by atoms with Crippen LogP contribution >= 0.6 is 0 Å². The molecule has 0 aliphatic rings. The Kier molecular flexibility index (Phi) is 6.69. The Morgan fingerprint density at radius 2 is 1.70 bits per heavy atom. The van der Waals surface area contributed by atoms with Gasteiger partial charge in [0, 0.05) is 0 Å². The Labute approximate surface area is 123 Å². The van der Waals surface area contributed by atoms with Gasteiger partial charge in [0.25, 0.3) is 0 Å². The number of rotatable bonds is 8. The molecular weight excluding hydrogens is 270 g/mol. The minimum absolute atomic E-state index is 0.152. The maximum absolute atomic E-state index is 12.1. The van der Waals surface area contributed by atoms with Crippen LogP contribution in [-0.4, -0.2) is 27.3 Å². The number of hydrogen-bond donors (Lipinski definition) is 1. The lowest BCUT2D eigenvalue weighted by Crippen LogP contribution is -2.23. The fourth-order valence-electron chi connectivity index (χ4n) is 2.29. The zero-order valence-corrected chi connectivity index (χ0v) is 13.9. The van der Waals surface area contributed by atoms with Gasteiger partial charge in [-0.1, -0.05) is 43.2 Å². The van der Waals surface area contributed by atoms with Gasteiger partial charge in [0.1, 0.15) is 0 Å². The van der Waals surface area contributed by atoms with Gasteiger partial charge in [0.05, 0.1) is 11.5 Å². The van der Waals surface area contributed by atoms with E-state index in [1.54, 1.807) is 0 Å². The number of aryl methyl sites for hydroxylation is 2. The number of hydrogen-bond acceptors (Lipinski definition) is 3. The summed E-state index contributed by atoms with van der Waals surface area (Å²) in [4.78, 5) is 0. The maximum atomic E-state index is 12.1. The van der Waals surface area contributed by atoms with Crippen molar-refractivity contribution in [1.29, 1.82) is 0 Å². The first-order valence-corrected chi connectivity index (χ1v) is 9.09. The highest BCUT2D eigenvalue weighted by molar-refractivity contribution is 7.90. The number of nitrogens with one attached hydrogen (secondary N) is 1. The number of sulfone groups is 1. The van der Waals surface area contributed by atoms with E-state index in [1.807, 2.05) is 26.0 Å². The molecule has 4 heteroatoms. The van der Waals surface area contributed by atoms with Gasteiger partial charge in [0.15, 0.2) is 9.84 Å². The Morgan fingerprint density at radius 3 is 2.25 bits per heavy atom. The molecule has 0 radical (unpaired) electrons. The molecule has 114 valence electrons. The van der Waals surface area contributed by atoms with E-state index in [1.165, 1.54) is 0 Å². The van der Waals surface area contributed by atoms with Crippen molar-refractivity contribution in [2.75, 3.05) is 18.8 Å². The van der Waals surface area contributed by atoms with E-state index in [0.717, 1.165) is 29.8 Å². The standard InChI is InChI=1S/C16H27NO2S/c1-13(2)11-17-6-5-7-20(18,19)12-16-9-14(3)8-15(4)10-16/h8-10,13,17H,5-7,11-12H2,1-4H3. The zero-order chi connectivity index (χ0) is 15.2. The molecule has 0 bridgehead atoms. The highest BCUT2D eigenvalue weighted by atomic mass is 32.2. The first kappa shape index (κ1) is 17.2. The van der Waals surface area contributed by atoms with Crippen LogP contribution in [0.1, 0.15) is 37.0 Å². The molecule has 0 heterocycles. The predicted octanol–water partition coefficient (Wildman–Crippen LogP) is 2.85. The average Bonchev–Trinajstić information content (AvgIpc) is 2.25. The van der Waals surface area contributed by atoms with Crippen LogP contribution in [0.25, 0.3) is 0 Å². The molecule has 1 aromatic carbocycles. The molecule has 0 aliphatic heterocycles. The first-order valence-electron chi connectivity index (χ1n) is 7.27. The molecule has 3 nitrogen and oxygen atoms in total. The third-order valence-corrected chi connectivity index (χ3v) is 4.71. The topological polar surface area (TPSA) is 46.2 Å². The van der Waals surface area contributed by atoms with Crippen LogP contribution in [0.15, 0.2) is 18.2 Å². The molecule has 1 aromatic rings. The molecule has 1 rings (SSSR count). The van der Waals surface area contributed by atoms with E-state index in [2.05, 4.69) is 25.2 Å². The maximum Gasteiger partial charge on any atom is 0.154 e. The van der Waals surface area contributed by atoms with Crippen molar-refractivity contribution in [2.45, 2.75) is 39.9 Å². The summed E-state index contributed by atoms with van der Waals surface area (Å²) in [5, 5.41) is 3.28. The van der Waals surface area contributed by atoms with Crippen molar-refractivity contribution in [3.05, 3.63) is 34.9 Å². The van der Waals surface area contributed by atoms with Crippen LogP contribution in [-0.2, 0) is 15.6 Å². The fourth-order valence-corrected chi connectivity index (χ4v) is 3.69. The Hall–Kier alpha value is -0.870. The molecule has 1 N–H and O–H groups in total. The van der Waals surface area contributed by atoms with Crippen LogP contribution in [0, 0.1) is 19.8 Å². The van der Waals surface area contributed by atoms with Gasteiger partial charge in [-0.2, -0.15) is 0 Å². The van der Waals surface area contributed by atoms with Gasteiger partial charge in [-0.25, -0.2) is 8.42 Å². The lowest BCUT2D eigenvalue weighted by atomic mass is 10.1. The molecule has 0 saturated heterocycles. The molecular formula is C16H27NO2S. The summed E-state index contributed by atoms with van der Waals surface area (Å²) in [7, 11) is -3.01. The predicted molar refractivity (Wildman–Crippen MR) is 85.7 cm³/mol. The summed E-state index contributed by atoms with van der Waals surface area (Å²) in [6.07, 6.45) is 0.680. The van der Waals surface area contributed by atoms with Crippen LogP contribution in [0.5, 0.6) is 0 Å². The largest absolute Gasteiger partial charge is 0.316 e. The van der Waals surface area contributed by atoms with Crippen molar-refractivity contribution < 1.29 is 8.42 Å². The van der Waals surface area contributed by atoms with E-state index in [4.69, 9.17) is 0 Å². The Balaban J connectivity index is 2.45. The van der Waals surface area contributed by atoms with Gasteiger partial charge in [-0.05, 0) is 44.8 Å². The van der Waals surface area contributed by atoms with Crippen molar-refractivity contribution in [3.63, 3.8) is 0 Å². The number of benzene rings is 1. The molecule has 0 spiro atoms. The van der Waals surface area contributed by atoms with E-state index < -0.39 is 9.84 Å². The smallest absolute Gasteiger partial charge is 0.154 e. The second kappa shape index (κ2) is 7.79. The van der Waals surface area contributed by atoms with Gasteiger partial charge >= 0.3 is 0 Å². The van der Waals surface area contributed by atoms with Crippen molar-refractivity contribution in [3.8, 4) is 0 Å². The fraction of sp³-hybridized carbons (Fsp3) is 0.625. The summed E-state index contributed by atoms with van der Waals surface area (Å²) >= 11 is 0. The van der Waals surface area contributed by atoms with Crippen molar-refractivity contribution >= 4 is 9.84 Å². The van der Waals surface area contributed by atoms with Crippen molar-refractivity contribution in [1.82, 2.24) is 5.32 Å². The summed E-state index contributed by atoms with van der Waals surface area (Å²) in [6.45, 7) is 9.99. The van der Waals surface area contributed by atoms with E-state index >= 15 is 0 Å². The second-order valence-corrected chi connectivity index (χ2v) is 8.22. The first-order chi connectivity index (χ1) is 9.28. The average molecular weight is 297 g/mol. The summed E-state index contributed by atoms with van der Waals surface area (Å²) in [5.74, 6) is 1.01. The van der Waals surface area contributed by atoms with E-state index in [9.17, 15) is 8.42 Å². The van der Waals surface area contributed by atoms with Gasteiger partial charge in [0.2, 0.25) is 0 Å². The molecule has 0 aliphatic carbocycles. The van der Waals surface area contributed by atoms with E-state index in [-0.39, 0.29) is 11.5 Å². The van der Waals surface area contributed by atoms with Crippen LogP contribution in [0.4, 0.5) is 0 Å². The Bertz CT molecular complexity index is 501. The molecule has 0 amide bonds. The molecule has 0 aromatic heterocycles. The monoisotopic (exact) mass is 297 g/mol. The highest BCUT2D eigenvalue weighted by Gasteiger charge is 2.12. The summed E-state index contributed by atoms with van der Waals surface area (Å²) in [6, 6.07) is 5.98. The van der Waals surface area contributed by atoms with Gasteiger partial charge in [-0.15, -0.1) is 0 Å². The van der Waals surface area contributed by atoms with Gasteiger partial charge in [-0.3, -0.25) is 0 Å². The molecule has 0 atom stereocenters. The van der Waals surface area contributed by atoms with Crippen LogP contribution < -0.4 is 5.32 Å². The SMILES string of the molecule is Cc1cc(C)cc(CS(=O)(=O)CCCNCC(C)C)c1. The molecule has 0 unspecified atom stereocenters. The third-order valence-electron chi connectivity index (χ3n) is 3.03. The summed E-state index contributed by atoms with van der Waals surface area (Å²) < 4.78 is 24.2. The molecule has 0 fully saturated rings. The van der Waals surface area contributed by atoms with Gasteiger partial charge < -0.3 is 5.32 Å². The Morgan fingerprint density at radius 1 is 1.10 bits per heavy atom. The van der Waals surface area contributed by atoms with Crippen LogP contribution in [0.2, 0.25) is 0 Å². The molecule has 20 heavy (non-hydrogen) atoms. The second-order valence-electron chi connectivity index (χ2n) is 6.04. The third kappa shape index (κ3) is 7.06. The van der Waals surface area contributed by atoms with Crippen LogP contribution in [0.3, 0.4) is 0 Å². The van der Waals surface area contributed by atoms with Crippen molar-refractivity contribution in [2.24, 2.45) is 5.92 Å². The quantitative estimate of drug-likeness (QED) is 0.751. The lowest BCUT2D eigenvalue weighted by molar-refractivity contribution is 0.546. The molecule has 0 saturated carbocycles.